The van der Waals surface area contributed by atoms with E-state index in [0.717, 1.165) is 5.56 Å². The molecule has 1 aromatic rings. The van der Waals surface area contributed by atoms with Crippen molar-refractivity contribution >= 4 is 5.91 Å². The van der Waals surface area contributed by atoms with Crippen LogP contribution in [0.5, 0.6) is 11.5 Å². The molecule has 4 heteroatoms. The van der Waals surface area contributed by atoms with E-state index in [1.54, 1.807) is 20.1 Å². The molecule has 0 fully saturated rings. The number of amides is 1. The van der Waals surface area contributed by atoms with Crippen LogP contribution in [0.2, 0.25) is 0 Å². The van der Waals surface area contributed by atoms with Crippen molar-refractivity contribution in [2.24, 2.45) is 5.73 Å². The van der Waals surface area contributed by atoms with Gasteiger partial charge in [0, 0.05) is 0 Å². The lowest BCUT2D eigenvalue weighted by molar-refractivity contribution is -0.124. The first kappa shape index (κ1) is 11.4. The van der Waals surface area contributed by atoms with Gasteiger partial charge >= 0.3 is 0 Å². The molecular formula is C11H15NO3. The fraction of sp³-hybridized carbons (Fsp3) is 0.364. The average molecular weight is 209 g/mol. The molecule has 0 aromatic heterocycles. The van der Waals surface area contributed by atoms with Crippen molar-refractivity contribution in [1.29, 1.82) is 0 Å². The highest BCUT2D eigenvalue weighted by molar-refractivity contribution is 5.78. The van der Waals surface area contributed by atoms with Crippen molar-refractivity contribution in [3.05, 3.63) is 23.8 Å². The van der Waals surface area contributed by atoms with Gasteiger partial charge in [0.15, 0.2) is 17.6 Å². The van der Waals surface area contributed by atoms with Gasteiger partial charge in [-0.3, -0.25) is 4.79 Å². The maximum atomic E-state index is 10.8. The zero-order valence-electron chi connectivity index (χ0n) is 9.11. The SMILES string of the molecule is COc1cc(C)ccc1O[C@H](C)C(N)=O. The van der Waals surface area contributed by atoms with Crippen LogP contribution < -0.4 is 15.2 Å². The predicted molar refractivity (Wildman–Crippen MR) is 57.0 cm³/mol. The molecular weight excluding hydrogens is 194 g/mol. The van der Waals surface area contributed by atoms with Gasteiger partial charge in [-0.1, -0.05) is 6.07 Å². The number of primary amides is 1. The molecule has 1 aromatic carbocycles. The van der Waals surface area contributed by atoms with Crippen LogP contribution in [0, 0.1) is 6.92 Å². The highest BCUT2D eigenvalue weighted by Crippen LogP contribution is 2.28. The molecule has 0 aliphatic rings. The Bertz CT molecular complexity index is 363. The number of ether oxygens (including phenoxy) is 2. The molecule has 0 heterocycles. The van der Waals surface area contributed by atoms with E-state index in [4.69, 9.17) is 15.2 Å². The minimum absolute atomic E-state index is 0.502. The number of carbonyl (C=O) groups excluding carboxylic acids is 1. The highest BCUT2D eigenvalue weighted by Gasteiger charge is 2.13. The molecule has 0 spiro atoms. The normalized spacial score (nSPS) is 11.9. The second-order valence-electron chi connectivity index (χ2n) is 3.32. The summed E-state index contributed by atoms with van der Waals surface area (Å²) in [6.07, 6.45) is -0.665. The summed E-state index contributed by atoms with van der Waals surface area (Å²) in [4.78, 5) is 10.8. The van der Waals surface area contributed by atoms with Gasteiger partial charge in [-0.2, -0.15) is 0 Å². The molecule has 1 amide bonds. The maximum Gasteiger partial charge on any atom is 0.258 e. The predicted octanol–water partition coefficient (Wildman–Crippen LogP) is 1.26. The van der Waals surface area contributed by atoms with Gasteiger partial charge in [-0.05, 0) is 31.5 Å². The Labute approximate surface area is 89.0 Å². The quantitative estimate of drug-likeness (QED) is 0.811. The van der Waals surface area contributed by atoms with Crippen LogP contribution in [-0.4, -0.2) is 19.1 Å². The number of nitrogens with two attached hydrogens (primary N) is 1. The lowest BCUT2D eigenvalue weighted by Crippen LogP contribution is -2.30. The monoisotopic (exact) mass is 209 g/mol. The van der Waals surface area contributed by atoms with Crippen LogP contribution in [0.15, 0.2) is 18.2 Å². The first-order chi connectivity index (χ1) is 7.04. The second-order valence-corrected chi connectivity index (χ2v) is 3.32. The highest BCUT2D eigenvalue weighted by atomic mass is 16.5. The van der Waals surface area contributed by atoms with Crippen LogP contribution in [0.1, 0.15) is 12.5 Å². The van der Waals surface area contributed by atoms with Crippen molar-refractivity contribution in [3.8, 4) is 11.5 Å². The molecule has 82 valence electrons. The van der Waals surface area contributed by atoms with E-state index in [9.17, 15) is 4.79 Å². The molecule has 0 saturated carbocycles. The fourth-order valence-electron chi connectivity index (χ4n) is 1.12. The van der Waals surface area contributed by atoms with Gasteiger partial charge in [0.25, 0.3) is 5.91 Å². The summed E-state index contributed by atoms with van der Waals surface area (Å²) < 4.78 is 10.5. The summed E-state index contributed by atoms with van der Waals surface area (Å²) in [6, 6.07) is 5.47. The lowest BCUT2D eigenvalue weighted by atomic mass is 10.2. The van der Waals surface area contributed by atoms with Crippen LogP contribution in [0.25, 0.3) is 0 Å². The number of hydrogen-bond donors (Lipinski definition) is 1. The maximum absolute atomic E-state index is 10.8. The summed E-state index contributed by atoms with van der Waals surface area (Å²) in [7, 11) is 1.55. The Balaban J connectivity index is 2.89. The van der Waals surface area contributed by atoms with Crippen molar-refractivity contribution in [1.82, 2.24) is 0 Å². The number of benzene rings is 1. The van der Waals surface area contributed by atoms with Gasteiger partial charge in [-0.15, -0.1) is 0 Å². The van der Waals surface area contributed by atoms with Gasteiger partial charge in [0.1, 0.15) is 0 Å². The van der Waals surface area contributed by atoms with E-state index >= 15 is 0 Å². The summed E-state index contributed by atoms with van der Waals surface area (Å²) in [5.41, 5.74) is 6.16. The average Bonchev–Trinajstić information content (AvgIpc) is 2.20. The molecule has 1 rings (SSSR count). The van der Waals surface area contributed by atoms with Crippen LogP contribution in [-0.2, 0) is 4.79 Å². The molecule has 15 heavy (non-hydrogen) atoms. The van der Waals surface area contributed by atoms with E-state index in [1.807, 2.05) is 19.1 Å². The number of methoxy groups -OCH3 is 1. The molecule has 0 saturated heterocycles. The van der Waals surface area contributed by atoms with Crippen molar-refractivity contribution < 1.29 is 14.3 Å². The summed E-state index contributed by atoms with van der Waals surface area (Å²) in [6.45, 7) is 3.55. The van der Waals surface area contributed by atoms with Crippen molar-refractivity contribution in [3.63, 3.8) is 0 Å². The van der Waals surface area contributed by atoms with Crippen LogP contribution >= 0.6 is 0 Å². The Hall–Kier alpha value is -1.71. The summed E-state index contributed by atoms with van der Waals surface area (Å²) >= 11 is 0. The van der Waals surface area contributed by atoms with E-state index in [0.29, 0.717) is 11.5 Å². The first-order valence-corrected chi connectivity index (χ1v) is 4.65. The van der Waals surface area contributed by atoms with Crippen molar-refractivity contribution in [2.75, 3.05) is 7.11 Å². The van der Waals surface area contributed by atoms with Crippen LogP contribution in [0.4, 0.5) is 0 Å². The van der Waals surface area contributed by atoms with E-state index in [-0.39, 0.29) is 0 Å². The first-order valence-electron chi connectivity index (χ1n) is 4.65. The molecule has 0 aliphatic heterocycles. The number of rotatable bonds is 4. The minimum Gasteiger partial charge on any atom is -0.493 e. The molecule has 0 aliphatic carbocycles. The summed E-state index contributed by atoms with van der Waals surface area (Å²) in [5.74, 6) is 0.620. The Morgan fingerprint density at radius 1 is 1.40 bits per heavy atom. The van der Waals surface area contributed by atoms with Crippen molar-refractivity contribution in [2.45, 2.75) is 20.0 Å². The summed E-state index contributed by atoms with van der Waals surface area (Å²) in [5, 5.41) is 0. The van der Waals surface area contributed by atoms with E-state index < -0.39 is 12.0 Å². The molecule has 0 bridgehead atoms. The third-order valence-electron chi connectivity index (χ3n) is 2.02. The Morgan fingerprint density at radius 3 is 2.60 bits per heavy atom. The molecule has 1 atom stereocenters. The number of hydrogen-bond acceptors (Lipinski definition) is 3. The Morgan fingerprint density at radius 2 is 2.07 bits per heavy atom. The third kappa shape index (κ3) is 2.87. The third-order valence-corrected chi connectivity index (χ3v) is 2.02. The fourth-order valence-corrected chi connectivity index (χ4v) is 1.12. The van der Waals surface area contributed by atoms with Gasteiger partial charge in [-0.25, -0.2) is 0 Å². The lowest BCUT2D eigenvalue weighted by Gasteiger charge is -2.14. The van der Waals surface area contributed by atoms with E-state index in [1.165, 1.54) is 0 Å². The topological polar surface area (TPSA) is 61.6 Å². The van der Waals surface area contributed by atoms with Gasteiger partial charge < -0.3 is 15.2 Å². The number of aryl methyl sites for hydroxylation is 1. The zero-order chi connectivity index (χ0) is 11.4. The Kier molecular flexibility index (Phi) is 3.55. The molecule has 4 nitrogen and oxygen atoms in total. The van der Waals surface area contributed by atoms with Crippen LogP contribution in [0.3, 0.4) is 0 Å². The molecule has 0 radical (unpaired) electrons. The molecule has 0 unspecified atom stereocenters. The number of carbonyl (C=O) groups is 1. The second kappa shape index (κ2) is 4.68. The standard InChI is InChI=1S/C11H15NO3/c1-7-4-5-9(10(6-7)14-3)15-8(2)11(12)13/h4-6,8H,1-3H3,(H2,12,13)/t8-/m1/s1. The molecule has 2 N–H and O–H groups in total. The van der Waals surface area contributed by atoms with E-state index in [2.05, 4.69) is 0 Å². The minimum atomic E-state index is -0.665. The van der Waals surface area contributed by atoms with Gasteiger partial charge in [0.2, 0.25) is 0 Å². The van der Waals surface area contributed by atoms with Gasteiger partial charge in [0.05, 0.1) is 7.11 Å². The smallest absolute Gasteiger partial charge is 0.258 e. The largest absolute Gasteiger partial charge is 0.493 e. The zero-order valence-corrected chi connectivity index (χ0v) is 9.11.